The van der Waals surface area contributed by atoms with E-state index in [1.807, 2.05) is 13.8 Å². The Morgan fingerprint density at radius 2 is 1.26 bits per heavy atom. The molecule has 0 spiro atoms. The lowest BCUT2D eigenvalue weighted by atomic mass is 10.2. The van der Waals surface area contributed by atoms with Crippen LogP contribution in [0.5, 0.6) is 0 Å². The second-order valence-corrected chi connectivity index (χ2v) is 9.67. The fourth-order valence-electron chi connectivity index (χ4n) is 3.31. The Balaban J connectivity index is 6.32. The van der Waals surface area contributed by atoms with Crippen LogP contribution in [0.1, 0.15) is 105 Å². The third-order valence-electron chi connectivity index (χ3n) is 5.49. The number of ether oxygens (including phenoxy) is 6. The first-order chi connectivity index (χ1) is 18.4. The molecule has 0 aliphatic rings. The molecule has 0 aromatic carbocycles. The highest BCUT2D eigenvalue weighted by Crippen LogP contribution is 2.37. The first-order valence-corrected chi connectivity index (χ1v) is 14.8. The molecule has 0 heterocycles. The van der Waals surface area contributed by atoms with Gasteiger partial charge in [0.05, 0.1) is 6.61 Å². The molecule has 0 fully saturated rings. The summed E-state index contributed by atoms with van der Waals surface area (Å²) in [5.41, 5.74) is -1.98. The molecular formula is C28H49O9P. The van der Waals surface area contributed by atoms with E-state index in [4.69, 9.17) is 28.4 Å². The number of carbonyl (C=O) groups is 2. The summed E-state index contributed by atoms with van der Waals surface area (Å²) in [6, 6.07) is 0. The smallest absolute Gasteiger partial charge is 0.332 e. The van der Waals surface area contributed by atoms with Crippen LogP contribution >= 0.6 is 8.46 Å². The molecule has 0 N–H and O–H groups in total. The van der Waals surface area contributed by atoms with Crippen molar-refractivity contribution in [2.75, 3.05) is 13.2 Å². The molecule has 0 amide bonds. The van der Waals surface area contributed by atoms with Crippen LogP contribution in [0.2, 0.25) is 0 Å². The third-order valence-corrected chi connectivity index (χ3v) is 6.19. The molecule has 0 bridgehead atoms. The molecule has 0 aromatic rings. The second-order valence-electron chi connectivity index (χ2n) is 8.87. The third kappa shape index (κ3) is 15.7. The average molecular weight is 561 g/mol. The predicted molar refractivity (Wildman–Crippen MR) is 146 cm³/mol. The summed E-state index contributed by atoms with van der Waals surface area (Å²) in [5, 5.41) is 0. The zero-order valence-corrected chi connectivity index (χ0v) is 24.7. The van der Waals surface area contributed by atoms with Gasteiger partial charge in [-0.05, 0) is 25.7 Å². The van der Waals surface area contributed by atoms with Gasteiger partial charge in [-0.1, -0.05) is 79.4 Å². The lowest BCUT2D eigenvalue weighted by Gasteiger charge is -2.37. The van der Waals surface area contributed by atoms with Gasteiger partial charge in [0.2, 0.25) is 27.3 Å². The van der Waals surface area contributed by atoms with E-state index < -0.39 is 44.8 Å². The van der Waals surface area contributed by atoms with E-state index in [2.05, 4.69) is 27.0 Å². The average Bonchev–Trinajstić information content (AvgIpc) is 2.93. The summed E-state index contributed by atoms with van der Waals surface area (Å²) >= 11 is 0. The maximum Gasteiger partial charge on any atom is 0.332 e. The second kappa shape index (κ2) is 23.3. The topological polar surface area (TPSA) is 107 Å². The van der Waals surface area contributed by atoms with Gasteiger partial charge in [-0.25, -0.2) is 9.59 Å². The molecule has 38 heavy (non-hydrogen) atoms. The Morgan fingerprint density at radius 1 is 0.763 bits per heavy atom. The van der Waals surface area contributed by atoms with Gasteiger partial charge in [-0.15, -0.1) is 0 Å². The lowest BCUT2D eigenvalue weighted by Crippen LogP contribution is -2.50. The van der Waals surface area contributed by atoms with Crippen LogP contribution in [0, 0.1) is 0 Å². The Hall–Kier alpha value is -1.64. The summed E-state index contributed by atoms with van der Waals surface area (Å²) in [7, 11) is -0.597. The Bertz CT molecular complexity index is 673. The molecule has 9 nitrogen and oxygen atoms in total. The Labute approximate surface area is 230 Å². The van der Waals surface area contributed by atoms with Gasteiger partial charge < -0.3 is 23.7 Å². The molecule has 4 atom stereocenters. The SMILES string of the molecule is C=CC(=O)OC(CCCC)OC(OCCCCC)C(OCCCCC)(OC(CCCC)OC(=O)C=C)P=O. The number of hydrogen-bond donors (Lipinski definition) is 0. The van der Waals surface area contributed by atoms with Crippen molar-refractivity contribution in [1.29, 1.82) is 0 Å². The maximum atomic E-state index is 12.9. The number of unbranched alkanes of at least 4 members (excludes halogenated alkanes) is 6. The monoisotopic (exact) mass is 560 g/mol. The quantitative estimate of drug-likeness (QED) is 0.0357. The van der Waals surface area contributed by atoms with Gasteiger partial charge in [0.25, 0.3) is 0 Å². The summed E-state index contributed by atoms with van der Waals surface area (Å²) in [4.78, 5) is 24.1. The van der Waals surface area contributed by atoms with E-state index in [1.165, 1.54) is 0 Å². The van der Waals surface area contributed by atoms with Gasteiger partial charge in [0.15, 0.2) is 0 Å². The van der Waals surface area contributed by atoms with Crippen LogP contribution in [-0.2, 0) is 42.6 Å². The largest absolute Gasteiger partial charge is 0.433 e. The first-order valence-electron chi connectivity index (χ1n) is 13.9. The van der Waals surface area contributed by atoms with E-state index in [9.17, 15) is 14.2 Å². The number of hydrogen-bond acceptors (Lipinski definition) is 9. The van der Waals surface area contributed by atoms with Gasteiger partial charge in [0.1, 0.15) is 0 Å². The number of esters is 2. The Morgan fingerprint density at radius 3 is 1.76 bits per heavy atom. The van der Waals surface area contributed by atoms with Crippen LogP contribution in [0.3, 0.4) is 0 Å². The van der Waals surface area contributed by atoms with E-state index in [1.54, 1.807) is 0 Å². The minimum Gasteiger partial charge on any atom is -0.433 e. The normalized spacial score (nSPS) is 15.3. The molecule has 10 heteroatoms. The van der Waals surface area contributed by atoms with Crippen molar-refractivity contribution in [1.82, 2.24) is 0 Å². The molecular weight excluding hydrogens is 511 g/mol. The number of carbonyl (C=O) groups excluding carboxylic acids is 2. The van der Waals surface area contributed by atoms with E-state index in [-0.39, 0.29) is 13.2 Å². The zero-order chi connectivity index (χ0) is 28.7. The minimum absolute atomic E-state index is 0.198. The molecule has 220 valence electrons. The maximum absolute atomic E-state index is 12.9. The van der Waals surface area contributed by atoms with Crippen molar-refractivity contribution in [3.8, 4) is 0 Å². The molecule has 0 aromatic heterocycles. The number of rotatable bonds is 26. The van der Waals surface area contributed by atoms with Crippen molar-refractivity contribution in [3.05, 3.63) is 25.3 Å². The first kappa shape index (κ1) is 36.4. The fraction of sp³-hybridized carbons (Fsp3) is 0.786. The Kier molecular flexibility index (Phi) is 22.3. The molecule has 0 aliphatic carbocycles. The highest BCUT2D eigenvalue weighted by molar-refractivity contribution is 7.25. The highest BCUT2D eigenvalue weighted by Gasteiger charge is 2.49. The lowest BCUT2D eigenvalue weighted by molar-refractivity contribution is -0.366. The molecule has 0 rings (SSSR count). The predicted octanol–water partition coefficient (Wildman–Crippen LogP) is 7.20. The van der Waals surface area contributed by atoms with Crippen LogP contribution in [0.15, 0.2) is 25.3 Å². The van der Waals surface area contributed by atoms with Crippen LogP contribution in [0.4, 0.5) is 0 Å². The van der Waals surface area contributed by atoms with Crippen molar-refractivity contribution in [2.24, 2.45) is 0 Å². The standard InChI is InChI=1S/C28H49O9P/c1-7-13-17-21-32-27(36-25(19-15-9-3)34-23(29)11-5)28(38-31,33-22-18-14-8-2)37-26(20-16-10-4)35-24(30)12-6/h11-12,25-27H,5-10,13-22H2,1-4H3. The molecule has 0 radical (unpaired) electrons. The molecule has 4 unspecified atom stereocenters. The molecule has 0 aliphatic heterocycles. The molecule has 0 saturated heterocycles. The summed E-state index contributed by atoms with van der Waals surface area (Å²) < 4.78 is 48.1. The van der Waals surface area contributed by atoms with Crippen molar-refractivity contribution < 1.29 is 42.6 Å². The van der Waals surface area contributed by atoms with Crippen LogP contribution < -0.4 is 0 Å². The van der Waals surface area contributed by atoms with E-state index in [0.717, 1.165) is 57.1 Å². The van der Waals surface area contributed by atoms with E-state index >= 15 is 0 Å². The van der Waals surface area contributed by atoms with E-state index in [0.29, 0.717) is 32.1 Å². The van der Waals surface area contributed by atoms with Crippen LogP contribution in [-0.4, -0.2) is 49.6 Å². The molecule has 0 saturated carbocycles. The minimum atomic E-state index is -1.98. The van der Waals surface area contributed by atoms with Gasteiger partial charge in [-0.3, -0.25) is 9.30 Å². The zero-order valence-electron chi connectivity index (χ0n) is 23.8. The highest BCUT2D eigenvalue weighted by atomic mass is 31.1. The van der Waals surface area contributed by atoms with Crippen molar-refractivity contribution in [3.63, 3.8) is 0 Å². The fourth-order valence-corrected chi connectivity index (χ4v) is 3.84. The summed E-state index contributed by atoms with van der Waals surface area (Å²) in [6.07, 6.45) is 7.45. The van der Waals surface area contributed by atoms with Crippen LogP contribution in [0.25, 0.3) is 0 Å². The van der Waals surface area contributed by atoms with Gasteiger partial charge in [0, 0.05) is 31.6 Å². The van der Waals surface area contributed by atoms with Gasteiger partial charge >= 0.3 is 17.5 Å². The summed E-state index contributed by atoms with van der Waals surface area (Å²) in [5.74, 6) is -1.35. The van der Waals surface area contributed by atoms with Gasteiger partial charge in [-0.2, -0.15) is 0 Å². The van der Waals surface area contributed by atoms with Crippen molar-refractivity contribution >= 4 is 20.4 Å². The van der Waals surface area contributed by atoms with Crippen molar-refractivity contribution in [2.45, 2.75) is 129 Å². The summed E-state index contributed by atoms with van der Waals surface area (Å²) in [6.45, 7) is 15.5.